The van der Waals surface area contributed by atoms with E-state index in [1.54, 1.807) is 0 Å². The summed E-state index contributed by atoms with van der Waals surface area (Å²) in [4.78, 5) is 8.26. The minimum atomic E-state index is 0.690. The SMILES string of the molecule is CCCCc1cnc(NC)nc1. The highest BCUT2D eigenvalue weighted by atomic mass is 15.1. The number of nitrogens with zero attached hydrogens (tertiary/aromatic N) is 2. The Hall–Kier alpha value is -1.12. The Morgan fingerprint density at radius 1 is 1.33 bits per heavy atom. The third kappa shape index (κ3) is 2.49. The second kappa shape index (κ2) is 4.70. The summed E-state index contributed by atoms with van der Waals surface area (Å²) in [5.41, 5.74) is 1.22. The van der Waals surface area contributed by atoms with Crippen molar-refractivity contribution in [3.63, 3.8) is 0 Å². The molecule has 1 aromatic rings. The molecule has 3 nitrogen and oxygen atoms in total. The van der Waals surface area contributed by atoms with E-state index in [1.165, 1.54) is 18.4 Å². The lowest BCUT2D eigenvalue weighted by Crippen LogP contribution is -1.96. The number of aryl methyl sites for hydroxylation is 1. The summed E-state index contributed by atoms with van der Waals surface area (Å²) in [7, 11) is 1.82. The van der Waals surface area contributed by atoms with E-state index in [1.807, 2.05) is 19.4 Å². The minimum Gasteiger partial charge on any atom is -0.357 e. The van der Waals surface area contributed by atoms with Crippen molar-refractivity contribution in [2.75, 3.05) is 12.4 Å². The fourth-order valence-electron chi connectivity index (χ4n) is 0.994. The van der Waals surface area contributed by atoms with E-state index < -0.39 is 0 Å². The van der Waals surface area contributed by atoms with E-state index in [2.05, 4.69) is 22.2 Å². The first-order valence-corrected chi connectivity index (χ1v) is 4.35. The first-order chi connectivity index (χ1) is 5.86. The lowest BCUT2D eigenvalue weighted by atomic mass is 10.2. The molecule has 3 heteroatoms. The number of anilines is 1. The molecule has 0 aliphatic heterocycles. The van der Waals surface area contributed by atoms with Crippen LogP contribution < -0.4 is 5.32 Å². The highest BCUT2D eigenvalue weighted by molar-refractivity contribution is 5.23. The number of nitrogens with one attached hydrogen (secondary N) is 1. The van der Waals surface area contributed by atoms with Gasteiger partial charge in [0.1, 0.15) is 0 Å². The van der Waals surface area contributed by atoms with E-state index in [-0.39, 0.29) is 0 Å². The molecule has 1 aromatic heterocycles. The van der Waals surface area contributed by atoms with Gasteiger partial charge in [0.15, 0.2) is 0 Å². The molecule has 0 aliphatic rings. The van der Waals surface area contributed by atoms with Crippen molar-refractivity contribution in [3.8, 4) is 0 Å². The van der Waals surface area contributed by atoms with E-state index in [9.17, 15) is 0 Å². The first kappa shape index (κ1) is 8.97. The van der Waals surface area contributed by atoms with Gasteiger partial charge in [-0.25, -0.2) is 9.97 Å². The number of aromatic nitrogens is 2. The van der Waals surface area contributed by atoms with Gasteiger partial charge in [-0.2, -0.15) is 0 Å². The van der Waals surface area contributed by atoms with Gasteiger partial charge in [0.05, 0.1) is 0 Å². The zero-order valence-corrected chi connectivity index (χ0v) is 7.67. The third-order valence-electron chi connectivity index (χ3n) is 1.75. The van der Waals surface area contributed by atoms with E-state index >= 15 is 0 Å². The quantitative estimate of drug-likeness (QED) is 0.740. The van der Waals surface area contributed by atoms with Gasteiger partial charge >= 0.3 is 0 Å². The maximum absolute atomic E-state index is 4.13. The van der Waals surface area contributed by atoms with Crippen LogP contribution >= 0.6 is 0 Å². The van der Waals surface area contributed by atoms with Crippen LogP contribution in [0.25, 0.3) is 0 Å². The van der Waals surface area contributed by atoms with Crippen molar-refractivity contribution < 1.29 is 0 Å². The molecule has 0 saturated heterocycles. The predicted octanol–water partition coefficient (Wildman–Crippen LogP) is 1.86. The topological polar surface area (TPSA) is 37.8 Å². The third-order valence-corrected chi connectivity index (χ3v) is 1.75. The fourth-order valence-corrected chi connectivity index (χ4v) is 0.994. The Bertz CT molecular complexity index is 218. The molecule has 1 N–H and O–H groups in total. The lowest BCUT2D eigenvalue weighted by Gasteiger charge is -2.00. The molecule has 0 unspecified atom stereocenters. The average Bonchev–Trinajstić information content (AvgIpc) is 2.15. The predicted molar refractivity (Wildman–Crippen MR) is 50.2 cm³/mol. The monoisotopic (exact) mass is 165 g/mol. The largest absolute Gasteiger partial charge is 0.357 e. The van der Waals surface area contributed by atoms with Gasteiger partial charge in [0, 0.05) is 19.4 Å². The highest BCUT2D eigenvalue weighted by Gasteiger charge is 1.94. The van der Waals surface area contributed by atoms with Crippen LogP contribution in [0, 0.1) is 0 Å². The lowest BCUT2D eigenvalue weighted by molar-refractivity contribution is 0.788. The van der Waals surface area contributed by atoms with Gasteiger partial charge in [-0.05, 0) is 18.4 Å². The summed E-state index contributed by atoms with van der Waals surface area (Å²) in [6, 6.07) is 0. The molecule has 0 fully saturated rings. The maximum atomic E-state index is 4.13. The molecule has 0 aromatic carbocycles. The van der Waals surface area contributed by atoms with Gasteiger partial charge in [-0.15, -0.1) is 0 Å². The molecule has 0 amide bonds. The Balaban J connectivity index is 2.53. The van der Waals surface area contributed by atoms with E-state index in [0.29, 0.717) is 5.95 Å². The van der Waals surface area contributed by atoms with Gasteiger partial charge in [-0.3, -0.25) is 0 Å². The normalized spacial score (nSPS) is 9.83. The molecule has 0 aliphatic carbocycles. The number of rotatable bonds is 4. The Kier molecular flexibility index (Phi) is 3.51. The van der Waals surface area contributed by atoms with Gasteiger partial charge in [-0.1, -0.05) is 13.3 Å². The average molecular weight is 165 g/mol. The van der Waals surface area contributed by atoms with Gasteiger partial charge < -0.3 is 5.32 Å². The molecule has 0 atom stereocenters. The highest BCUT2D eigenvalue weighted by Crippen LogP contribution is 2.03. The summed E-state index contributed by atoms with van der Waals surface area (Å²) in [6.45, 7) is 2.18. The Morgan fingerprint density at radius 3 is 2.50 bits per heavy atom. The van der Waals surface area contributed by atoms with E-state index in [0.717, 1.165) is 6.42 Å². The minimum absolute atomic E-state index is 0.690. The molecule has 12 heavy (non-hydrogen) atoms. The molecular weight excluding hydrogens is 150 g/mol. The molecule has 0 radical (unpaired) electrons. The van der Waals surface area contributed by atoms with Crippen LogP contribution in [0.4, 0.5) is 5.95 Å². The summed E-state index contributed by atoms with van der Waals surface area (Å²) >= 11 is 0. The van der Waals surface area contributed by atoms with Crippen LogP contribution in [-0.4, -0.2) is 17.0 Å². The van der Waals surface area contributed by atoms with Gasteiger partial charge in [0.2, 0.25) is 5.95 Å². The van der Waals surface area contributed by atoms with Crippen molar-refractivity contribution in [1.82, 2.24) is 9.97 Å². The van der Waals surface area contributed by atoms with Crippen molar-refractivity contribution >= 4 is 5.95 Å². The molecule has 1 heterocycles. The first-order valence-electron chi connectivity index (χ1n) is 4.35. The Morgan fingerprint density at radius 2 is 2.00 bits per heavy atom. The molecule has 66 valence electrons. The fraction of sp³-hybridized carbons (Fsp3) is 0.556. The van der Waals surface area contributed by atoms with Crippen LogP contribution in [0.3, 0.4) is 0 Å². The zero-order chi connectivity index (χ0) is 8.81. The number of hydrogen-bond donors (Lipinski definition) is 1. The molecular formula is C9H15N3. The smallest absolute Gasteiger partial charge is 0.222 e. The van der Waals surface area contributed by atoms with E-state index in [4.69, 9.17) is 0 Å². The van der Waals surface area contributed by atoms with Crippen molar-refractivity contribution in [3.05, 3.63) is 18.0 Å². The van der Waals surface area contributed by atoms with Crippen LogP contribution in [-0.2, 0) is 6.42 Å². The summed E-state index contributed by atoms with van der Waals surface area (Å²) in [6.07, 6.45) is 7.28. The molecule has 0 bridgehead atoms. The van der Waals surface area contributed by atoms with Crippen molar-refractivity contribution in [2.24, 2.45) is 0 Å². The number of hydrogen-bond acceptors (Lipinski definition) is 3. The molecule has 0 saturated carbocycles. The summed E-state index contributed by atoms with van der Waals surface area (Å²) in [5, 5.41) is 2.89. The van der Waals surface area contributed by atoms with Gasteiger partial charge in [0.25, 0.3) is 0 Å². The molecule has 0 spiro atoms. The Labute approximate surface area is 73.2 Å². The van der Waals surface area contributed by atoms with Crippen molar-refractivity contribution in [2.45, 2.75) is 26.2 Å². The van der Waals surface area contributed by atoms with Crippen LogP contribution in [0.2, 0.25) is 0 Å². The second-order valence-electron chi connectivity index (χ2n) is 2.77. The summed E-state index contributed by atoms with van der Waals surface area (Å²) in [5.74, 6) is 0.690. The zero-order valence-electron chi connectivity index (χ0n) is 7.67. The van der Waals surface area contributed by atoms with Crippen LogP contribution in [0.1, 0.15) is 25.3 Å². The maximum Gasteiger partial charge on any atom is 0.222 e. The van der Waals surface area contributed by atoms with Crippen molar-refractivity contribution in [1.29, 1.82) is 0 Å². The molecule has 1 rings (SSSR count). The van der Waals surface area contributed by atoms with Crippen LogP contribution in [0.15, 0.2) is 12.4 Å². The standard InChI is InChI=1S/C9H15N3/c1-3-4-5-8-6-11-9(10-2)12-7-8/h6-7H,3-5H2,1-2H3,(H,10,11,12). The van der Waals surface area contributed by atoms with Crippen LogP contribution in [0.5, 0.6) is 0 Å². The summed E-state index contributed by atoms with van der Waals surface area (Å²) < 4.78 is 0. The number of unbranched alkanes of at least 4 members (excludes halogenated alkanes) is 1. The second-order valence-corrected chi connectivity index (χ2v) is 2.77.